The quantitative estimate of drug-likeness (QED) is 0.903. The number of aromatic nitrogens is 1. The van der Waals surface area contributed by atoms with Crippen molar-refractivity contribution in [3.63, 3.8) is 0 Å². The Balaban J connectivity index is 1.54. The van der Waals surface area contributed by atoms with Crippen molar-refractivity contribution in [1.82, 2.24) is 10.3 Å². The molecular weight excluding hydrogens is 326 g/mol. The van der Waals surface area contributed by atoms with Gasteiger partial charge in [-0.15, -0.1) is 0 Å². The zero-order valence-corrected chi connectivity index (χ0v) is 15.1. The molecular formula is C21H23N3O2. The maximum atomic E-state index is 13.2. The van der Waals surface area contributed by atoms with Crippen molar-refractivity contribution < 1.29 is 9.59 Å². The van der Waals surface area contributed by atoms with E-state index in [2.05, 4.69) is 24.1 Å². The zero-order valence-electron chi connectivity index (χ0n) is 15.1. The molecule has 0 saturated heterocycles. The standard InChI is InChI=1S/C21H23N3O2/c1-14(2)13-24-18-8-4-3-7-16(18)21(20(24)26)10-17(21)19(25)23-12-15-6-5-9-22-11-15/h3-9,11,14,17H,10,12-13H2,1-2H3,(H,23,25)/t17-,21+/m1/s1. The summed E-state index contributed by atoms with van der Waals surface area (Å²) in [7, 11) is 0. The van der Waals surface area contributed by atoms with E-state index in [1.54, 1.807) is 12.4 Å². The monoisotopic (exact) mass is 349 g/mol. The lowest BCUT2D eigenvalue weighted by atomic mass is 9.94. The van der Waals surface area contributed by atoms with E-state index in [0.29, 0.717) is 25.4 Å². The first-order valence-electron chi connectivity index (χ1n) is 9.12. The molecule has 5 heteroatoms. The smallest absolute Gasteiger partial charge is 0.238 e. The van der Waals surface area contributed by atoms with Gasteiger partial charge in [0.15, 0.2) is 0 Å². The van der Waals surface area contributed by atoms with E-state index in [4.69, 9.17) is 0 Å². The summed E-state index contributed by atoms with van der Waals surface area (Å²) in [5.74, 6) is 0.112. The average Bonchev–Trinajstić information content (AvgIpc) is 3.36. The first-order chi connectivity index (χ1) is 12.5. The highest BCUT2D eigenvalue weighted by Gasteiger charge is 2.69. The molecule has 1 aliphatic carbocycles. The molecule has 0 unspecified atom stereocenters. The predicted molar refractivity (Wildman–Crippen MR) is 99.5 cm³/mol. The van der Waals surface area contributed by atoms with Gasteiger partial charge in [0.25, 0.3) is 0 Å². The van der Waals surface area contributed by atoms with E-state index in [9.17, 15) is 9.59 Å². The van der Waals surface area contributed by atoms with Crippen LogP contribution in [0.3, 0.4) is 0 Å². The van der Waals surface area contributed by atoms with Gasteiger partial charge in [-0.2, -0.15) is 0 Å². The van der Waals surface area contributed by atoms with Crippen LogP contribution in [0, 0.1) is 11.8 Å². The lowest BCUT2D eigenvalue weighted by molar-refractivity contribution is -0.126. The van der Waals surface area contributed by atoms with Crippen LogP contribution >= 0.6 is 0 Å². The number of carbonyl (C=O) groups excluding carboxylic acids is 2. The Hall–Kier alpha value is -2.69. The first kappa shape index (κ1) is 16.8. The van der Waals surface area contributed by atoms with E-state index < -0.39 is 5.41 Å². The summed E-state index contributed by atoms with van der Waals surface area (Å²) in [5.41, 5.74) is 2.26. The minimum Gasteiger partial charge on any atom is -0.352 e. The third kappa shape index (κ3) is 2.59. The van der Waals surface area contributed by atoms with Crippen LogP contribution in [0.25, 0.3) is 0 Å². The topological polar surface area (TPSA) is 62.3 Å². The van der Waals surface area contributed by atoms with Crippen LogP contribution in [0.15, 0.2) is 48.8 Å². The summed E-state index contributed by atoms with van der Waals surface area (Å²) < 4.78 is 0. The molecule has 1 aromatic heterocycles. The van der Waals surface area contributed by atoms with Crippen molar-refractivity contribution in [3.8, 4) is 0 Å². The van der Waals surface area contributed by atoms with Crippen molar-refractivity contribution in [2.24, 2.45) is 11.8 Å². The molecule has 1 fully saturated rings. The molecule has 1 aromatic carbocycles. The summed E-state index contributed by atoms with van der Waals surface area (Å²) in [6.45, 7) is 5.32. The lowest BCUT2D eigenvalue weighted by Gasteiger charge is -2.20. The second-order valence-electron chi connectivity index (χ2n) is 7.63. The van der Waals surface area contributed by atoms with E-state index in [1.807, 2.05) is 41.3 Å². The minimum atomic E-state index is -0.662. The Morgan fingerprint density at radius 1 is 1.31 bits per heavy atom. The molecule has 0 radical (unpaired) electrons. The molecule has 2 aromatic rings. The van der Waals surface area contributed by atoms with E-state index in [1.165, 1.54) is 0 Å². The fourth-order valence-electron chi connectivity index (χ4n) is 4.03. The zero-order chi connectivity index (χ0) is 18.3. The lowest BCUT2D eigenvalue weighted by Crippen LogP contribution is -2.37. The van der Waals surface area contributed by atoms with Gasteiger partial charge in [-0.25, -0.2) is 0 Å². The molecule has 2 aliphatic rings. The van der Waals surface area contributed by atoms with Crippen molar-refractivity contribution in [2.45, 2.75) is 32.2 Å². The number of pyridine rings is 1. The minimum absolute atomic E-state index is 0.0524. The van der Waals surface area contributed by atoms with Gasteiger partial charge in [0.05, 0.1) is 11.3 Å². The molecule has 2 amide bonds. The van der Waals surface area contributed by atoms with Gasteiger partial charge in [0.1, 0.15) is 0 Å². The second-order valence-corrected chi connectivity index (χ2v) is 7.63. The molecule has 5 nitrogen and oxygen atoms in total. The third-order valence-corrected chi connectivity index (χ3v) is 5.32. The Kier molecular flexibility index (Phi) is 4.02. The fourth-order valence-corrected chi connectivity index (χ4v) is 4.03. The van der Waals surface area contributed by atoms with Gasteiger partial charge in [-0.05, 0) is 35.6 Å². The fraction of sp³-hybridized carbons (Fsp3) is 0.381. The van der Waals surface area contributed by atoms with Crippen LogP contribution in [-0.4, -0.2) is 23.3 Å². The molecule has 2 atom stereocenters. The number of amides is 2. The van der Waals surface area contributed by atoms with Crippen molar-refractivity contribution in [2.75, 3.05) is 11.4 Å². The molecule has 1 aliphatic heterocycles. The van der Waals surface area contributed by atoms with Crippen LogP contribution in [0.4, 0.5) is 5.69 Å². The maximum absolute atomic E-state index is 13.2. The van der Waals surface area contributed by atoms with Crippen molar-refractivity contribution in [3.05, 3.63) is 59.9 Å². The van der Waals surface area contributed by atoms with E-state index >= 15 is 0 Å². The van der Waals surface area contributed by atoms with Crippen molar-refractivity contribution in [1.29, 1.82) is 0 Å². The molecule has 1 saturated carbocycles. The first-order valence-corrected chi connectivity index (χ1v) is 9.12. The number of benzene rings is 1. The number of carbonyl (C=O) groups is 2. The van der Waals surface area contributed by atoms with Gasteiger partial charge < -0.3 is 10.2 Å². The Labute approximate surface area is 153 Å². The van der Waals surface area contributed by atoms with Crippen LogP contribution in [-0.2, 0) is 21.5 Å². The number of hydrogen-bond donors (Lipinski definition) is 1. The predicted octanol–water partition coefficient (Wildman–Crippen LogP) is 2.66. The Bertz CT molecular complexity index is 849. The summed E-state index contributed by atoms with van der Waals surface area (Å²) in [4.78, 5) is 31.9. The highest BCUT2D eigenvalue weighted by atomic mass is 16.2. The highest BCUT2D eigenvalue weighted by Crippen LogP contribution is 2.61. The summed E-state index contributed by atoms with van der Waals surface area (Å²) in [6, 6.07) is 11.7. The maximum Gasteiger partial charge on any atom is 0.238 e. The molecule has 2 heterocycles. The van der Waals surface area contributed by atoms with Crippen LogP contribution in [0.2, 0.25) is 0 Å². The highest BCUT2D eigenvalue weighted by molar-refractivity contribution is 6.14. The van der Waals surface area contributed by atoms with Gasteiger partial charge >= 0.3 is 0 Å². The number of nitrogens with zero attached hydrogens (tertiary/aromatic N) is 2. The Morgan fingerprint density at radius 3 is 2.85 bits per heavy atom. The molecule has 134 valence electrons. The summed E-state index contributed by atoms with van der Waals surface area (Å²) in [5, 5.41) is 2.97. The number of fused-ring (bicyclic) bond motifs is 2. The normalized spacial score (nSPS) is 23.4. The number of anilines is 1. The largest absolute Gasteiger partial charge is 0.352 e. The van der Waals surface area contributed by atoms with E-state index in [-0.39, 0.29) is 17.7 Å². The van der Waals surface area contributed by atoms with Gasteiger partial charge in [0.2, 0.25) is 11.8 Å². The van der Waals surface area contributed by atoms with Crippen LogP contribution < -0.4 is 10.2 Å². The molecule has 0 bridgehead atoms. The van der Waals surface area contributed by atoms with Crippen LogP contribution in [0.1, 0.15) is 31.4 Å². The number of hydrogen-bond acceptors (Lipinski definition) is 3. The number of rotatable bonds is 5. The second kappa shape index (κ2) is 6.24. The molecule has 1 spiro atoms. The summed E-state index contributed by atoms with van der Waals surface area (Å²) in [6.07, 6.45) is 4.04. The SMILES string of the molecule is CC(C)CN1C(=O)[C@@]2(C[C@@H]2C(=O)NCc2cccnc2)c2ccccc21. The van der Waals surface area contributed by atoms with E-state index in [0.717, 1.165) is 16.8 Å². The van der Waals surface area contributed by atoms with Crippen molar-refractivity contribution >= 4 is 17.5 Å². The average molecular weight is 349 g/mol. The molecule has 1 N–H and O–H groups in total. The Morgan fingerprint density at radius 2 is 2.12 bits per heavy atom. The molecule has 26 heavy (non-hydrogen) atoms. The number of para-hydroxylation sites is 1. The van der Waals surface area contributed by atoms with Gasteiger partial charge in [-0.1, -0.05) is 38.1 Å². The van der Waals surface area contributed by atoms with Gasteiger partial charge in [-0.3, -0.25) is 14.6 Å². The van der Waals surface area contributed by atoms with Gasteiger partial charge in [0, 0.05) is 31.2 Å². The summed E-state index contributed by atoms with van der Waals surface area (Å²) >= 11 is 0. The van der Waals surface area contributed by atoms with Crippen LogP contribution in [0.5, 0.6) is 0 Å². The number of nitrogens with one attached hydrogen (secondary N) is 1. The molecule has 4 rings (SSSR count). The third-order valence-electron chi connectivity index (χ3n) is 5.32.